The molecule has 1 aliphatic heterocycles. The summed E-state index contributed by atoms with van der Waals surface area (Å²) >= 11 is 0. The number of nitrogens with zero attached hydrogens (tertiary/aromatic N) is 2. The first-order valence-electron chi connectivity index (χ1n) is 10.3. The largest absolute Gasteiger partial charge is 0.356 e. The Morgan fingerprint density at radius 1 is 1.07 bits per heavy atom. The molecule has 3 rings (SSSR count). The van der Waals surface area contributed by atoms with Crippen LogP contribution in [0.5, 0.6) is 0 Å². The Balaban J connectivity index is 1.42. The van der Waals surface area contributed by atoms with Crippen molar-refractivity contribution in [3.8, 4) is 0 Å². The molecule has 7 nitrogen and oxygen atoms in total. The van der Waals surface area contributed by atoms with Crippen LogP contribution in [0.4, 0.5) is 0 Å². The molecule has 7 heteroatoms. The zero-order valence-electron chi connectivity index (χ0n) is 17.4. The lowest BCUT2D eigenvalue weighted by Gasteiger charge is -2.26. The average molecular weight is 408 g/mol. The summed E-state index contributed by atoms with van der Waals surface area (Å²) in [5.74, 6) is 0.529. The molecule has 0 spiro atoms. The third-order valence-electron chi connectivity index (χ3n) is 4.99. The molecule has 0 unspecified atom stereocenters. The quantitative estimate of drug-likeness (QED) is 0.369. The molecule has 158 valence electrons. The summed E-state index contributed by atoms with van der Waals surface area (Å²) in [6, 6.07) is 17.9. The van der Waals surface area contributed by atoms with Gasteiger partial charge in [0.2, 0.25) is 5.91 Å². The Hall–Kier alpha value is -3.35. The summed E-state index contributed by atoms with van der Waals surface area (Å²) in [4.78, 5) is 29.8. The number of carbonyl (C=O) groups excluding carboxylic acids is 2. The molecule has 0 aromatic heterocycles. The van der Waals surface area contributed by atoms with Crippen LogP contribution in [-0.4, -0.2) is 55.9 Å². The van der Waals surface area contributed by atoms with Gasteiger partial charge in [0.15, 0.2) is 5.96 Å². The number of guanidine groups is 1. The van der Waals surface area contributed by atoms with Crippen molar-refractivity contribution < 1.29 is 9.59 Å². The molecule has 1 saturated heterocycles. The van der Waals surface area contributed by atoms with Crippen LogP contribution in [0.2, 0.25) is 0 Å². The van der Waals surface area contributed by atoms with Gasteiger partial charge in [0.25, 0.3) is 5.91 Å². The van der Waals surface area contributed by atoms with Gasteiger partial charge < -0.3 is 20.9 Å². The van der Waals surface area contributed by atoms with E-state index < -0.39 is 0 Å². The molecule has 1 aliphatic rings. The lowest BCUT2D eigenvalue weighted by molar-refractivity contribution is -0.123. The van der Waals surface area contributed by atoms with Crippen LogP contribution in [0.1, 0.15) is 27.9 Å². The number of carbonyl (C=O) groups is 2. The normalized spacial score (nSPS) is 14.2. The Morgan fingerprint density at radius 3 is 2.53 bits per heavy atom. The second-order valence-corrected chi connectivity index (χ2v) is 7.22. The molecule has 0 aliphatic carbocycles. The molecule has 3 N–H and O–H groups in total. The molecule has 0 atom stereocenters. The maximum Gasteiger partial charge on any atom is 0.254 e. The first-order chi connectivity index (χ1) is 14.7. The standard InChI is InChI=1S/C23H29N5O2/c1-24-23(26-13-5-8-18-6-3-2-4-7-18)27-16-19-9-11-20(12-10-19)22(30)28-15-14-25-21(29)17-28/h2-4,6-7,9-12H,5,8,13-17H2,1H3,(H,25,29)(H2,24,26,27). The van der Waals surface area contributed by atoms with Crippen LogP contribution in [0.3, 0.4) is 0 Å². The zero-order chi connectivity index (χ0) is 21.2. The molecule has 2 amide bonds. The Bertz CT molecular complexity index is 865. The van der Waals surface area contributed by atoms with Gasteiger partial charge >= 0.3 is 0 Å². The van der Waals surface area contributed by atoms with Crippen molar-refractivity contribution in [3.05, 3.63) is 71.3 Å². The minimum Gasteiger partial charge on any atom is -0.356 e. The van der Waals surface area contributed by atoms with Gasteiger partial charge in [-0.2, -0.15) is 0 Å². The third kappa shape index (κ3) is 6.34. The van der Waals surface area contributed by atoms with E-state index in [0.717, 1.165) is 30.9 Å². The monoisotopic (exact) mass is 407 g/mol. The van der Waals surface area contributed by atoms with Crippen LogP contribution < -0.4 is 16.0 Å². The molecular weight excluding hydrogens is 378 g/mol. The number of rotatable bonds is 7. The zero-order valence-corrected chi connectivity index (χ0v) is 17.4. The highest BCUT2D eigenvalue weighted by molar-refractivity contribution is 5.97. The third-order valence-corrected chi connectivity index (χ3v) is 4.99. The summed E-state index contributed by atoms with van der Waals surface area (Å²) < 4.78 is 0. The van der Waals surface area contributed by atoms with E-state index in [1.807, 2.05) is 30.3 Å². The fourth-order valence-corrected chi connectivity index (χ4v) is 3.31. The lowest BCUT2D eigenvalue weighted by atomic mass is 10.1. The highest BCUT2D eigenvalue weighted by atomic mass is 16.2. The van der Waals surface area contributed by atoms with Crippen LogP contribution >= 0.6 is 0 Å². The van der Waals surface area contributed by atoms with E-state index in [1.54, 1.807) is 11.9 Å². The number of piperazine rings is 1. The molecule has 1 fully saturated rings. The summed E-state index contributed by atoms with van der Waals surface area (Å²) in [7, 11) is 1.75. The predicted octanol–water partition coefficient (Wildman–Crippen LogP) is 1.56. The summed E-state index contributed by atoms with van der Waals surface area (Å²) in [5, 5.41) is 9.35. The van der Waals surface area contributed by atoms with Crippen LogP contribution in [0, 0.1) is 0 Å². The molecule has 30 heavy (non-hydrogen) atoms. The fraction of sp³-hybridized carbons (Fsp3) is 0.348. The van der Waals surface area contributed by atoms with Gasteiger partial charge in [-0.25, -0.2) is 0 Å². The van der Waals surface area contributed by atoms with E-state index in [-0.39, 0.29) is 18.4 Å². The van der Waals surface area contributed by atoms with Crippen molar-refractivity contribution in [1.82, 2.24) is 20.9 Å². The lowest BCUT2D eigenvalue weighted by Crippen LogP contribution is -2.49. The number of amides is 2. The SMILES string of the molecule is CN=C(NCCCc1ccccc1)NCc1ccc(C(=O)N2CCNC(=O)C2)cc1. The van der Waals surface area contributed by atoms with E-state index in [1.165, 1.54) is 5.56 Å². The minimum absolute atomic E-state index is 0.111. The molecule has 0 saturated carbocycles. The Morgan fingerprint density at radius 2 is 1.83 bits per heavy atom. The van der Waals surface area contributed by atoms with Gasteiger partial charge in [-0.05, 0) is 36.1 Å². The molecule has 0 radical (unpaired) electrons. The van der Waals surface area contributed by atoms with Crippen LogP contribution in [0.25, 0.3) is 0 Å². The summed E-state index contributed by atoms with van der Waals surface area (Å²) in [6.07, 6.45) is 2.05. The summed E-state index contributed by atoms with van der Waals surface area (Å²) in [5.41, 5.74) is 2.98. The van der Waals surface area contributed by atoms with Gasteiger partial charge in [-0.3, -0.25) is 14.6 Å². The topological polar surface area (TPSA) is 85.8 Å². The van der Waals surface area contributed by atoms with Crippen LogP contribution in [0.15, 0.2) is 59.6 Å². The number of aryl methyl sites for hydroxylation is 1. The van der Waals surface area contributed by atoms with Gasteiger partial charge in [-0.15, -0.1) is 0 Å². The van der Waals surface area contributed by atoms with Gasteiger partial charge in [-0.1, -0.05) is 42.5 Å². The first kappa shape index (κ1) is 21.4. The minimum atomic E-state index is -0.113. The second kappa shape index (κ2) is 11.0. The van der Waals surface area contributed by atoms with Crippen molar-refractivity contribution in [3.63, 3.8) is 0 Å². The van der Waals surface area contributed by atoms with Crippen molar-refractivity contribution >= 4 is 17.8 Å². The summed E-state index contributed by atoms with van der Waals surface area (Å²) in [6.45, 7) is 2.61. The van der Waals surface area contributed by atoms with Crippen molar-refractivity contribution in [1.29, 1.82) is 0 Å². The Kier molecular flexibility index (Phi) is 7.83. The average Bonchev–Trinajstić information content (AvgIpc) is 2.79. The molecular formula is C23H29N5O2. The van der Waals surface area contributed by atoms with E-state index in [4.69, 9.17) is 0 Å². The maximum absolute atomic E-state index is 12.5. The second-order valence-electron chi connectivity index (χ2n) is 7.22. The smallest absolute Gasteiger partial charge is 0.254 e. The van der Waals surface area contributed by atoms with Crippen molar-refractivity contribution in [2.45, 2.75) is 19.4 Å². The molecule has 2 aromatic carbocycles. The number of hydrogen-bond acceptors (Lipinski definition) is 3. The number of hydrogen-bond donors (Lipinski definition) is 3. The number of nitrogens with one attached hydrogen (secondary N) is 3. The maximum atomic E-state index is 12.5. The van der Waals surface area contributed by atoms with Gasteiger partial charge in [0.05, 0.1) is 6.54 Å². The van der Waals surface area contributed by atoms with Crippen LogP contribution in [-0.2, 0) is 17.8 Å². The van der Waals surface area contributed by atoms with Crippen molar-refractivity contribution in [2.24, 2.45) is 4.99 Å². The van der Waals surface area contributed by atoms with E-state index in [0.29, 0.717) is 25.2 Å². The highest BCUT2D eigenvalue weighted by Gasteiger charge is 2.22. The highest BCUT2D eigenvalue weighted by Crippen LogP contribution is 2.09. The van der Waals surface area contributed by atoms with E-state index in [9.17, 15) is 9.59 Å². The Labute approximate surface area is 177 Å². The predicted molar refractivity (Wildman–Crippen MR) is 118 cm³/mol. The number of aliphatic imine (C=N–C) groups is 1. The first-order valence-corrected chi connectivity index (χ1v) is 10.3. The fourth-order valence-electron chi connectivity index (χ4n) is 3.31. The molecule has 1 heterocycles. The van der Waals surface area contributed by atoms with Gasteiger partial charge in [0, 0.05) is 38.8 Å². The molecule has 2 aromatic rings. The molecule has 0 bridgehead atoms. The van der Waals surface area contributed by atoms with Gasteiger partial charge in [0.1, 0.15) is 0 Å². The number of benzene rings is 2. The van der Waals surface area contributed by atoms with Crippen molar-refractivity contribution in [2.75, 3.05) is 33.2 Å². The van der Waals surface area contributed by atoms with E-state index in [2.05, 4.69) is 45.2 Å². The van der Waals surface area contributed by atoms with E-state index >= 15 is 0 Å².